The van der Waals surface area contributed by atoms with E-state index in [-0.39, 0.29) is 29.1 Å². The average molecular weight is 474 g/mol. The van der Waals surface area contributed by atoms with Crippen molar-refractivity contribution in [1.29, 1.82) is 0 Å². The molecule has 4 heterocycles. The van der Waals surface area contributed by atoms with Crippen LogP contribution in [0.4, 0.5) is 10.1 Å². The van der Waals surface area contributed by atoms with Crippen LogP contribution in [0.5, 0.6) is 5.88 Å². The summed E-state index contributed by atoms with van der Waals surface area (Å²) in [5.74, 6) is -0.251. The van der Waals surface area contributed by atoms with Gasteiger partial charge in [-0.15, -0.1) is 5.10 Å². The van der Waals surface area contributed by atoms with E-state index < -0.39 is 17.7 Å². The Balaban J connectivity index is 1.57. The normalized spacial score (nSPS) is 12.3. The fraction of sp³-hybridized carbons (Fsp3) is 0.333. The number of hydrogen-bond donors (Lipinski definition) is 0. The van der Waals surface area contributed by atoms with Gasteiger partial charge in [-0.3, -0.25) is 15.1 Å². The lowest BCUT2D eigenvalue weighted by Crippen LogP contribution is -2.20. The summed E-state index contributed by atoms with van der Waals surface area (Å²) in [6, 6.07) is 3.56. The topological polar surface area (TPSA) is 114 Å². The molecule has 0 saturated carbocycles. The van der Waals surface area contributed by atoms with E-state index in [0.717, 1.165) is 16.6 Å². The maximum Gasteiger partial charge on any atom is 0.353 e. The predicted molar refractivity (Wildman–Crippen MR) is 120 cm³/mol. The number of alkyl halides is 1. The Kier molecular flexibility index (Phi) is 5.98. The second kappa shape index (κ2) is 8.74. The number of halogens is 2. The van der Waals surface area contributed by atoms with Gasteiger partial charge in [0.15, 0.2) is 6.17 Å². The van der Waals surface area contributed by atoms with Crippen molar-refractivity contribution >= 4 is 28.3 Å². The van der Waals surface area contributed by atoms with Crippen LogP contribution in [0.15, 0.2) is 24.5 Å². The maximum absolute atomic E-state index is 14.8. The predicted octanol–water partition coefficient (Wildman–Crippen LogP) is 4.22. The Hall–Kier alpha value is -3.60. The van der Waals surface area contributed by atoms with Crippen LogP contribution >= 0.6 is 11.6 Å². The fourth-order valence-corrected chi connectivity index (χ4v) is 3.83. The first kappa shape index (κ1) is 22.6. The summed E-state index contributed by atoms with van der Waals surface area (Å²) in [4.78, 5) is 23.6. The molecular formula is C21H21ClFN7O3. The van der Waals surface area contributed by atoms with Gasteiger partial charge in [0.2, 0.25) is 5.28 Å². The summed E-state index contributed by atoms with van der Waals surface area (Å²) in [7, 11) is 0. The molecule has 10 nitrogen and oxygen atoms in total. The lowest BCUT2D eigenvalue weighted by Gasteiger charge is -2.10. The summed E-state index contributed by atoms with van der Waals surface area (Å²) in [5.41, 5.74) is 3.37. The van der Waals surface area contributed by atoms with E-state index in [1.807, 2.05) is 13.8 Å². The fourth-order valence-electron chi connectivity index (χ4n) is 3.70. The standard InChI is InChI=1S/C21H21ClFN7O3/c1-11-8-28(19-16(11)7-24-21(22)26-19)9-15(23)10-33-20-18(30(31)32)14(4)29(27-20)17-6-5-12(2)25-13(17)3/h5-8,15H,9-10H2,1-4H3. The largest absolute Gasteiger partial charge is 0.469 e. The van der Waals surface area contributed by atoms with E-state index in [1.54, 1.807) is 42.9 Å². The molecule has 1 unspecified atom stereocenters. The van der Waals surface area contributed by atoms with Gasteiger partial charge in [0.05, 0.1) is 22.8 Å². The monoisotopic (exact) mass is 473 g/mol. The van der Waals surface area contributed by atoms with Crippen molar-refractivity contribution < 1.29 is 14.1 Å². The van der Waals surface area contributed by atoms with Gasteiger partial charge in [-0.05, 0) is 57.0 Å². The minimum absolute atomic E-state index is 0.0611. The summed E-state index contributed by atoms with van der Waals surface area (Å²) in [5, 5.41) is 16.7. The number of fused-ring (bicyclic) bond motifs is 1. The number of nitro groups is 1. The quantitative estimate of drug-likeness (QED) is 0.224. The Morgan fingerprint density at radius 2 is 2.00 bits per heavy atom. The number of aryl methyl sites for hydroxylation is 3. The number of nitrogens with zero attached hydrogens (tertiary/aromatic N) is 7. The summed E-state index contributed by atoms with van der Waals surface area (Å²) < 4.78 is 23.3. The van der Waals surface area contributed by atoms with E-state index in [2.05, 4.69) is 20.1 Å². The molecule has 0 aliphatic heterocycles. The summed E-state index contributed by atoms with van der Waals surface area (Å²) in [6.07, 6.45) is 1.85. The van der Waals surface area contributed by atoms with Crippen LogP contribution in [0.3, 0.4) is 0 Å². The van der Waals surface area contributed by atoms with Gasteiger partial charge in [-0.2, -0.15) is 4.98 Å². The third kappa shape index (κ3) is 4.36. The molecule has 0 radical (unpaired) electrons. The molecule has 12 heteroatoms. The lowest BCUT2D eigenvalue weighted by molar-refractivity contribution is -0.386. The molecule has 0 saturated heterocycles. The molecule has 0 spiro atoms. The first-order chi connectivity index (χ1) is 15.7. The third-order valence-corrected chi connectivity index (χ3v) is 5.43. The second-order valence-electron chi connectivity index (χ2n) is 7.71. The Labute approximate surface area is 193 Å². The Morgan fingerprint density at radius 1 is 1.24 bits per heavy atom. The minimum Gasteiger partial charge on any atom is -0.469 e. The van der Waals surface area contributed by atoms with Crippen molar-refractivity contribution in [2.24, 2.45) is 0 Å². The van der Waals surface area contributed by atoms with E-state index >= 15 is 0 Å². The molecule has 0 aromatic carbocycles. The zero-order valence-corrected chi connectivity index (χ0v) is 19.2. The van der Waals surface area contributed by atoms with Crippen molar-refractivity contribution in [3.05, 3.63) is 62.6 Å². The molecule has 4 rings (SSSR count). The van der Waals surface area contributed by atoms with Crippen LogP contribution < -0.4 is 4.74 Å². The van der Waals surface area contributed by atoms with Crippen molar-refractivity contribution in [2.75, 3.05) is 6.61 Å². The smallest absolute Gasteiger partial charge is 0.353 e. The second-order valence-corrected chi connectivity index (χ2v) is 8.05. The van der Waals surface area contributed by atoms with Gasteiger partial charge >= 0.3 is 11.6 Å². The van der Waals surface area contributed by atoms with Crippen molar-refractivity contribution in [1.82, 2.24) is 29.3 Å². The summed E-state index contributed by atoms with van der Waals surface area (Å²) >= 11 is 5.88. The number of aromatic nitrogens is 6. The molecule has 0 fully saturated rings. The molecule has 0 bridgehead atoms. The zero-order valence-electron chi connectivity index (χ0n) is 18.4. The van der Waals surface area contributed by atoms with Gasteiger partial charge in [0.25, 0.3) is 0 Å². The van der Waals surface area contributed by atoms with Crippen LogP contribution in [0.1, 0.15) is 22.6 Å². The molecule has 172 valence electrons. The molecule has 0 amide bonds. The first-order valence-electron chi connectivity index (χ1n) is 10.1. The highest BCUT2D eigenvalue weighted by Gasteiger charge is 2.29. The molecule has 33 heavy (non-hydrogen) atoms. The molecule has 0 aliphatic carbocycles. The highest BCUT2D eigenvalue weighted by Crippen LogP contribution is 2.32. The molecule has 1 atom stereocenters. The highest BCUT2D eigenvalue weighted by atomic mass is 35.5. The highest BCUT2D eigenvalue weighted by molar-refractivity contribution is 6.28. The van der Waals surface area contributed by atoms with Crippen molar-refractivity contribution in [3.63, 3.8) is 0 Å². The molecule has 4 aromatic heterocycles. The van der Waals surface area contributed by atoms with Crippen LogP contribution in [-0.4, -0.2) is 47.0 Å². The number of ether oxygens (including phenoxy) is 1. The van der Waals surface area contributed by atoms with Gasteiger partial charge in [-0.1, -0.05) is 0 Å². The average Bonchev–Trinajstić information content (AvgIpc) is 3.23. The van der Waals surface area contributed by atoms with Crippen molar-refractivity contribution in [2.45, 2.75) is 40.4 Å². The van der Waals surface area contributed by atoms with Gasteiger partial charge < -0.3 is 9.30 Å². The summed E-state index contributed by atoms with van der Waals surface area (Å²) in [6.45, 7) is 6.54. The molecule has 0 aliphatic rings. The van der Waals surface area contributed by atoms with E-state index in [0.29, 0.717) is 17.0 Å². The molecular weight excluding hydrogens is 453 g/mol. The van der Waals surface area contributed by atoms with E-state index in [4.69, 9.17) is 16.3 Å². The van der Waals surface area contributed by atoms with E-state index in [9.17, 15) is 14.5 Å². The SMILES string of the molecule is Cc1ccc(-n2nc(OCC(F)Cn3cc(C)c4cnc(Cl)nc43)c([N+](=O)[O-])c2C)c(C)n1. The lowest BCUT2D eigenvalue weighted by atomic mass is 10.2. The zero-order chi connectivity index (χ0) is 23.9. The van der Waals surface area contributed by atoms with Gasteiger partial charge in [0, 0.05) is 23.5 Å². The van der Waals surface area contributed by atoms with Crippen molar-refractivity contribution in [3.8, 4) is 11.6 Å². The van der Waals surface area contributed by atoms with Crippen LogP contribution in [-0.2, 0) is 6.54 Å². The molecule has 4 aromatic rings. The van der Waals surface area contributed by atoms with Crippen LogP contribution in [0.25, 0.3) is 16.7 Å². The number of hydrogen-bond acceptors (Lipinski definition) is 7. The minimum atomic E-state index is -1.48. The third-order valence-electron chi connectivity index (χ3n) is 5.24. The van der Waals surface area contributed by atoms with Gasteiger partial charge in [-0.25, -0.2) is 14.1 Å². The number of rotatable bonds is 7. The van der Waals surface area contributed by atoms with E-state index in [1.165, 1.54) is 4.68 Å². The Morgan fingerprint density at radius 3 is 2.70 bits per heavy atom. The Bertz CT molecular complexity index is 1370. The maximum atomic E-state index is 14.8. The van der Waals surface area contributed by atoms with Crippen LogP contribution in [0.2, 0.25) is 5.28 Å². The molecule has 0 N–H and O–H groups in total. The number of pyridine rings is 1. The van der Waals surface area contributed by atoms with Gasteiger partial charge in [0.1, 0.15) is 17.9 Å². The van der Waals surface area contributed by atoms with Crippen LogP contribution in [0, 0.1) is 37.8 Å². The first-order valence-corrected chi connectivity index (χ1v) is 10.5.